The fourth-order valence-corrected chi connectivity index (χ4v) is 2.20. The molecule has 0 amide bonds. The first-order chi connectivity index (χ1) is 10.9. The molecule has 120 valence electrons. The Morgan fingerprint density at radius 1 is 1.48 bits per heavy atom. The van der Waals surface area contributed by atoms with Crippen molar-refractivity contribution in [3.8, 4) is 11.6 Å². The highest BCUT2D eigenvalue weighted by molar-refractivity contribution is 9.10. The van der Waals surface area contributed by atoms with Crippen LogP contribution in [0.3, 0.4) is 0 Å². The van der Waals surface area contributed by atoms with Crippen molar-refractivity contribution in [3.05, 3.63) is 54.5 Å². The summed E-state index contributed by atoms with van der Waals surface area (Å²) in [4.78, 5) is 27.0. The van der Waals surface area contributed by atoms with Crippen molar-refractivity contribution in [1.82, 2.24) is 9.97 Å². The van der Waals surface area contributed by atoms with Crippen LogP contribution < -0.4 is 10.3 Å². The molecule has 0 saturated heterocycles. The molecule has 0 spiro atoms. The number of aromatic amines is 1. The Kier molecular flexibility index (Phi) is 5.12. The van der Waals surface area contributed by atoms with Gasteiger partial charge in [0.25, 0.3) is 5.88 Å². The second-order valence-electron chi connectivity index (χ2n) is 4.33. The summed E-state index contributed by atoms with van der Waals surface area (Å²) in [7, 11) is 0. The molecule has 1 heterocycles. The molecule has 0 aliphatic carbocycles. The van der Waals surface area contributed by atoms with Crippen LogP contribution >= 0.6 is 15.9 Å². The summed E-state index contributed by atoms with van der Waals surface area (Å²) < 4.78 is 6.30. The average molecular weight is 382 g/mol. The van der Waals surface area contributed by atoms with E-state index in [0.29, 0.717) is 17.9 Å². The Morgan fingerprint density at radius 2 is 2.22 bits per heavy atom. The molecule has 0 bridgehead atoms. The van der Waals surface area contributed by atoms with Gasteiger partial charge in [-0.25, -0.2) is 0 Å². The van der Waals surface area contributed by atoms with E-state index in [2.05, 4.69) is 25.9 Å². The van der Waals surface area contributed by atoms with E-state index < -0.39 is 22.0 Å². The monoisotopic (exact) mass is 381 g/mol. The third kappa shape index (κ3) is 3.95. The molecule has 0 unspecified atom stereocenters. The van der Waals surface area contributed by atoms with Gasteiger partial charge in [-0.05, 0) is 37.3 Å². The smallest absolute Gasteiger partial charge is 0.395 e. The second kappa shape index (κ2) is 7.05. The number of nitrogens with one attached hydrogen (secondary N) is 1. The van der Waals surface area contributed by atoms with Crippen LogP contribution in [0.15, 0.2) is 27.5 Å². The third-order valence-corrected chi connectivity index (χ3v) is 3.26. The molecule has 0 saturated carbocycles. The number of ether oxygens (including phenoxy) is 1. The first-order valence-electron chi connectivity index (χ1n) is 6.50. The van der Waals surface area contributed by atoms with E-state index in [0.717, 1.165) is 4.47 Å². The number of nitrogens with zero attached hydrogens (tertiary/aromatic N) is 2. The lowest BCUT2D eigenvalue weighted by atomic mass is 10.2. The highest BCUT2D eigenvalue weighted by atomic mass is 79.9. The van der Waals surface area contributed by atoms with Crippen LogP contribution in [0.4, 0.5) is 5.69 Å². The Hall–Kier alpha value is -2.68. The highest BCUT2D eigenvalue weighted by Gasteiger charge is 2.21. The zero-order valence-electron chi connectivity index (χ0n) is 11.9. The summed E-state index contributed by atoms with van der Waals surface area (Å²) in [6.45, 7) is 2.33. The van der Waals surface area contributed by atoms with Crippen LogP contribution in [0.25, 0.3) is 12.2 Å². The first-order valence-corrected chi connectivity index (χ1v) is 7.29. The molecular weight excluding hydrogens is 370 g/mol. The lowest BCUT2D eigenvalue weighted by molar-refractivity contribution is -0.387. The minimum atomic E-state index is -1.03. The van der Waals surface area contributed by atoms with Gasteiger partial charge in [-0.3, -0.25) is 14.9 Å². The molecule has 9 heteroatoms. The summed E-state index contributed by atoms with van der Waals surface area (Å²) >= 11 is 3.34. The van der Waals surface area contributed by atoms with Crippen LogP contribution in [0.1, 0.15) is 18.3 Å². The average Bonchev–Trinajstić information content (AvgIpc) is 2.46. The van der Waals surface area contributed by atoms with Gasteiger partial charge in [0.1, 0.15) is 11.6 Å². The number of hydrogen-bond acceptors (Lipinski definition) is 6. The van der Waals surface area contributed by atoms with Gasteiger partial charge < -0.3 is 14.8 Å². The molecule has 1 aromatic heterocycles. The van der Waals surface area contributed by atoms with Crippen molar-refractivity contribution < 1.29 is 14.8 Å². The van der Waals surface area contributed by atoms with Crippen LogP contribution in [-0.2, 0) is 0 Å². The lowest BCUT2D eigenvalue weighted by Crippen LogP contribution is -2.14. The minimum absolute atomic E-state index is 0.0134. The predicted octanol–water partition coefficient (Wildman–Crippen LogP) is 2.72. The van der Waals surface area contributed by atoms with E-state index in [1.54, 1.807) is 18.2 Å². The highest BCUT2D eigenvalue weighted by Crippen LogP contribution is 2.25. The molecule has 1 aromatic carbocycles. The van der Waals surface area contributed by atoms with Crippen molar-refractivity contribution in [2.45, 2.75) is 6.92 Å². The first kappa shape index (κ1) is 16.7. The standard InChI is InChI=1S/C14H12BrN3O5/c1-2-23-10-5-4-9(15)7-8(10)3-6-11-16-13(19)12(18(21)22)14(20)17-11/h3-7H,2H2,1H3,(H2,16,17,19,20)/b6-3-. The molecule has 0 fully saturated rings. The molecule has 0 radical (unpaired) electrons. The van der Waals surface area contributed by atoms with Gasteiger partial charge in [-0.1, -0.05) is 15.9 Å². The number of hydrogen-bond donors (Lipinski definition) is 2. The van der Waals surface area contributed by atoms with Gasteiger partial charge in [0.2, 0.25) is 0 Å². The number of benzene rings is 1. The fraction of sp³-hybridized carbons (Fsp3) is 0.143. The van der Waals surface area contributed by atoms with Crippen molar-refractivity contribution in [2.75, 3.05) is 6.61 Å². The van der Waals surface area contributed by atoms with E-state index in [-0.39, 0.29) is 5.82 Å². The molecular formula is C14H12BrN3O5. The maximum Gasteiger partial charge on any atom is 0.395 e. The summed E-state index contributed by atoms with van der Waals surface area (Å²) in [6, 6.07) is 5.39. The molecule has 2 N–H and O–H groups in total. The largest absolute Gasteiger partial charge is 0.493 e. The van der Waals surface area contributed by atoms with Gasteiger partial charge >= 0.3 is 11.2 Å². The van der Waals surface area contributed by atoms with Crippen molar-refractivity contribution in [2.24, 2.45) is 0 Å². The van der Waals surface area contributed by atoms with E-state index in [4.69, 9.17) is 4.74 Å². The number of rotatable bonds is 5. The number of aromatic hydroxyl groups is 1. The minimum Gasteiger partial charge on any atom is -0.493 e. The summed E-state index contributed by atoms with van der Waals surface area (Å²) in [5.41, 5.74) is -1.30. The van der Waals surface area contributed by atoms with Gasteiger partial charge in [-0.15, -0.1) is 0 Å². The molecule has 23 heavy (non-hydrogen) atoms. The Bertz CT molecular complexity index is 832. The van der Waals surface area contributed by atoms with Gasteiger partial charge in [0.05, 0.1) is 11.5 Å². The second-order valence-corrected chi connectivity index (χ2v) is 5.24. The van der Waals surface area contributed by atoms with Crippen LogP contribution in [0.2, 0.25) is 0 Å². The summed E-state index contributed by atoms with van der Waals surface area (Å²) in [5.74, 6) is -0.321. The summed E-state index contributed by atoms with van der Waals surface area (Å²) in [6.07, 6.45) is 3.02. The molecule has 0 aliphatic rings. The SMILES string of the molecule is CCOc1ccc(Br)cc1/C=C\c1nc(O)c([N+](=O)[O-])c(=O)[nH]1. The number of halogens is 1. The molecule has 8 nitrogen and oxygen atoms in total. The number of nitro groups is 1. The normalized spacial score (nSPS) is 10.9. The van der Waals surface area contributed by atoms with Gasteiger partial charge in [0.15, 0.2) is 0 Å². The van der Waals surface area contributed by atoms with Crippen LogP contribution in [0.5, 0.6) is 11.6 Å². The topological polar surface area (TPSA) is 118 Å². The Balaban J connectivity index is 2.40. The quantitative estimate of drug-likeness (QED) is 0.606. The zero-order chi connectivity index (χ0) is 17.0. The van der Waals surface area contributed by atoms with E-state index in [1.807, 2.05) is 13.0 Å². The van der Waals surface area contributed by atoms with Gasteiger partial charge in [-0.2, -0.15) is 4.98 Å². The predicted molar refractivity (Wildman–Crippen MR) is 87.4 cm³/mol. The molecule has 0 atom stereocenters. The van der Waals surface area contributed by atoms with Crippen molar-refractivity contribution in [3.63, 3.8) is 0 Å². The molecule has 2 aromatic rings. The Labute approximate surface area is 138 Å². The molecule has 2 rings (SSSR count). The Morgan fingerprint density at radius 3 is 2.83 bits per heavy atom. The van der Waals surface area contributed by atoms with E-state index in [1.165, 1.54) is 6.08 Å². The number of aromatic nitrogens is 2. The maximum absolute atomic E-state index is 11.6. The third-order valence-electron chi connectivity index (χ3n) is 2.77. The van der Waals surface area contributed by atoms with E-state index >= 15 is 0 Å². The van der Waals surface area contributed by atoms with Crippen molar-refractivity contribution in [1.29, 1.82) is 0 Å². The van der Waals surface area contributed by atoms with Crippen molar-refractivity contribution >= 4 is 33.8 Å². The summed E-state index contributed by atoms with van der Waals surface area (Å²) in [5, 5.41) is 20.1. The van der Waals surface area contributed by atoms with E-state index in [9.17, 15) is 20.0 Å². The number of H-pyrrole nitrogens is 1. The zero-order valence-corrected chi connectivity index (χ0v) is 13.5. The van der Waals surface area contributed by atoms with Crippen LogP contribution in [-0.4, -0.2) is 26.6 Å². The van der Waals surface area contributed by atoms with Crippen LogP contribution in [0, 0.1) is 10.1 Å². The lowest BCUT2D eigenvalue weighted by Gasteiger charge is -2.07. The molecule has 0 aliphatic heterocycles. The van der Waals surface area contributed by atoms with Gasteiger partial charge in [0, 0.05) is 10.0 Å². The maximum atomic E-state index is 11.6. The fourth-order valence-electron chi connectivity index (χ4n) is 1.82.